The number of alkyl halides is 3. The summed E-state index contributed by atoms with van der Waals surface area (Å²) in [5.74, 6) is -3.18. The van der Waals surface area contributed by atoms with E-state index < -0.39 is 18.4 Å². The lowest BCUT2D eigenvalue weighted by Gasteiger charge is -2.22. The Morgan fingerprint density at radius 1 is 1.36 bits per heavy atom. The zero-order chi connectivity index (χ0) is 18.2. The molecule has 3 heterocycles. The summed E-state index contributed by atoms with van der Waals surface area (Å²) < 4.78 is 38.3. The van der Waals surface area contributed by atoms with Crippen molar-refractivity contribution in [1.82, 2.24) is 4.98 Å². The van der Waals surface area contributed by atoms with Crippen molar-refractivity contribution in [1.29, 1.82) is 0 Å². The van der Waals surface area contributed by atoms with Gasteiger partial charge in [0.25, 0.3) is 0 Å². The van der Waals surface area contributed by atoms with Crippen molar-refractivity contribution >= 4 is 28.8 Å². The van der Waals surface area contributed by atoms with E-state index in [1.807, 2.05) is 0 Å². The highest BCUT2D eigenvalue weighted by molar-refractivity contribution is 7.17. The minimum atomic E-state index is -4.93. The number of carbonyl (C=O) groups is 1. The smallest absolute Gasteiger partial charge is 0.350 e. The number of aromatic nitrogens is 1. The molecule has 0 saturated carbocycles. The Labute approximate surface area is 143 Å². The average molecular weight is 371 g/mol. The van der Waals surface area contributed by atoms with E-state index >= 15 is 0 Å². The van der Waals surface area contributed by atoms with Crippen LogP contribution >= 0.6 is 11.3 Å². The molecule has 2 aromatic heterocycles. The van der Waals surface area contributed by atoms with Crippen molar-refractivity contribution in [3.8, 4) is 10.4 Å². The number of nitrogens with one attached hydrogen (secondary N) is 1. The molecule has 0 aromatic carbocycles. The second kappa shape index (κ2) is 6.12. The van der Waals surface area contributed by atoms with Gasteiger partial charge in [-0.2, -0.15) is 13.2 Å². The fraction of sp³-hybridized carbons (Fsp3) is 0.267. The normalized spacial score (nSPS) is 20.1. The highest BCUT2D eigenvalue weighted by atomic mass is 32.1. The standard InChI is InChI=1S/C15H12F3N3O3S/c1-8(22)20-13-6-9(4-5-19-13)11-2-3-12(25-11)10-7-14(23,24-21-10)15(16,17)18/h2-6,23H,7H2,1H3,(H,19,20,22). The molecule has 0 bridgehead atoms. The monoisotopic (exact) mass is 371 g/mol. The van der Waals surface area contributed by atoms with E-state index in [1.165, 1.54) is 24.5 Å². The first-order chi connectivity index (χ1) is 11.7. The SMILES string of the molecule is CC(=O)Nc1cc(-c2ccc(C3=NOC(O)(C(F)(F)F)C3)s2)ccn1. The largest absolute Gasteiger partial charge is 0.458 e. The van der Waals surface area contributed by atoms with E-state index in [0.29, 0.717) is 10.7 Å². The summed E-state index contributed by atoms with van der Waals surface area (Å²) in [6.07, 6.45) is -4.20. The zero-order valence-corrected chi connectivity index (χ0v) is 13.6. The first-order valence-electron chi connectivity index (χ1n) is 7.06. The summed E-state index contributed by atoms with van der Waals surface area (Å²) in [5, 5.41) is 15.4. The van der Waals surface area contributed by atoms with Crippen molar-refractivity contribution in [3.63, 3.8) is 0 Å². The van der Waals surface area contributed by atoms with Gasteiger partial charge in [-0.05, 0) is 29.8 Å². The van der Waals surface area contributed by atoms with Crippen molar-refractivity contribution in [2.45, 2.75) is 25.3 Å². The van der Waals surface area contributed by atoms with E-state index in [9.17, 15) is 23.1 Å². The van der Waals surface area contributed by atoms with E-state index in [4.69, 9.17) is 0 Å². The van der Waals surface area contributed by atoms with Crippen LogP contribution in [0.1, 0.15) is 18.2 Å². The second-order valence-corrected chi connectivity index (χ2v) is 6.45. The molecular formula is C15H12F3N3O3S. The average Bonchev–Trinajstić information content (AvgIpc) is 3.13. The summed E-state index contributed by atoms with van der Waals surface area (Å²) >= 11 is 1.19. The van der Waals surface area contributed by atoms with E-state index in [1.54, 1.807) is 24.3 Å². The van der Waals surface area contributed by atoms with Crippen LogP contribution in [0.15, 0.2) is 35.6 Å². The first-order valence-corrected chi connectivity index (χ1v) is 7.88. The molecule has 3 rings (SSSR count). The highest BCUT2D eigenvalue weighted by Crippen LogP contribution is 2.40. The summed E-state index contributed by atoms with van der Waals surface area (Å²) in [6.45, 7) is 1.36. The lowest BCUT2D eigenvalue weighted by Crippen LogP contribution is -2.45. The van der Waals surface area contributed by atoms with Gasteiger partial charge in [0.15, 0.2) is 0 Å². The molecule has 25 heavy (non-hydrogen) atoms. The van der Waals surface area contributed by atoms with Crippen LogP contribution in [0.5, 0.6) is 0 Å². The fourth-order valence-corrected chi connectivity index (χ4v) is 3.17. The maximum atomic E-state index is 12.8. The Bertz CT molecular complexity index is 850. The maximum Gasteiger partial charge on any atom is 0.458 e. The summed E-state index contributed by atoms with van der Waals surface area (Å²) in [4.78, 5) is 20.5. The number of thiophene rings is 1. The van der Waals surface area contributed by atoms with Gasteiger partial charge >= 0.3 is 12.0 Å². The van der Waals surface area contributed by atoms with Crippen LogP contribution in [-0.4, -0.2) is 33.7 Å². The first kappa shape index (κ1) is 17.4. The van der Waals surface area contributed by atoms with Gasteiger partial charge in [-0.25, -0.2) is 4.98 Å². The topological polar surface area (TPSA) is 83.8 Å². The Kier molecular flexibility index (Phi) is 4.25. The number of hydrogen-bond acceptors (Lipinski definition) is 6. The fourth-order valence-electron chi connectivity index (χ4n) is 2.19. The van der Waals surface area contributed by atoms with Crippen molar-refractivity contribution in [2.24, 2.45) is 5.16 Å². The Morgan fingerprint density at radius 3 is 2.72 bits per heavy atom. The third-order valence-electron chi connectivity index (χ3n) is 3.40. The second-order valence-electron chi connectivity index (χ2n) is 5.36. The van der Waals surface area contributed by atoms with Crippen LogP contribution in [0.4, 0.5) is 19.0 Å². The van der Waals surface area contributed by atoms with Crippen LogP contribution < -0.4 is 5.32 Å². The van der Waals surface area contributed by atoms with Crippen LogP contribution in [-0.2, 0) is 9.63 Å². The summed E-state index contributed by atoms with van der Waals surface area (Å²) in [6, 6.07) is 6.67. The predicted molar refractivity (Wildman–Crippen MR) is 85.1 cm³/mol. The third kappa shape index (κ3) is 3.49. The number of hydrogen-bond donors (Lipinski definition) is 2. The molecule has 2 N–H and O–H groups in total. The number of nitrogens with zero attached hydrogens (tertiary/aromatic N) is 2. The van der Waals surface area contributed by atoms with Gasteiger partial charge in [0.2, 0.25) is 5.91 Å². The highest BCUT2D eigenvalue weighted by Gasteiger charge is 2.60. The molecule has 2 aromatic rings. The van der Waals surface area contributed by atoms with E-state index in [0.717, 1.165) is 10.4 Å². The van der Waals surface area contributed by atoms with E-state index in [-0.39, 0.29) is 11.6 Å². The summed E-state index contributed by atoms with van der Waals surface area (Å²) in [5.41, 5.74) is 0.757. The lowest BCUT2D eigenvalue weighted by atomic mass is 10.1. The minimum absolute atomic E-state index is 0.0206. The van der Waals surface area contributed by atoms with Gasteiger partial charge in [0.1, 0.15) is 11.5 Å². The molecule has 1 aliphatic heterocycles. The molecule has 132 valence electrons. The molecule has 0 saturated heterocycles. The summed E-state index contributed by atoms with van der Waals surface area (Å²) in [7, 11) is 0. The molecule has 0 aliphatic carbocycles. The number of aliphatic hydroxyl groups is 1. The number of oxime groups is 1. The number of carbonyl (C=O) groups excluding carboxylic acids is 1. The van der Waals surface area contributed by atoms with Gasteiger partial charge in [0, 0.05) is 18.0 Å². The molecule has 1 atom stereocenters. The Morgan fingerprint density at radius 2 is 2.08 bits per heavy atom. The van der Waals surface area contributed by atoms with Crippen molar-refractivity contribution < 1.29 is 27.9 Å². The third-order valence-corrected chi connectivity index (χ3v) is 4.58. The molecule has 1 amide bonds. The van der Waals surface area contributed by atoms with Gasteiger partial charge in [0.05, 0.1) is 11.3 Å². The Balaban J connectivity index is 1.81. The molecule has 6 nitrogen and oxygen atoms in total. The molecule has 0 radical (unpaired) electrons. The van der Waals surface area contributed by atoms with Crippen LogP contribution in [0, 0.1) is 0 Å². The molecule has 0 fully saturated rings. The molecule has 0 spiro atoms. The van der Waals surface area contributed by atoms with Gasteiger partial charge in [-0.1, -0.05) is 5.16 Å². The number of pyridine rings is 1. The number of amides is 1. The van der Waals surface area contributed by atoms with Crippen LogP contribution in [0.25, 0.3) is 10.4 Å². The minimum Gasteiger partial charge on any atom is -0.350 e. The number of anilines is 1. The van der Waals surface area contributed by atoms with Crippen molar-refractivity contribution in [3.05, 3.63) is 35.3 Å². The van der Waals surface area contributed by atoms with Crippen molar-refractivity contribution in [2.75, 3.05) is 5.32 Å². The zero-order valence-electron chi connectivity index (χ0n) is 12.8. The molecule has 10 heteroatoms. The number of rotatable bonds is 3. The van der Waals surface area contributed by atoms with Crippen LogP contribution in [0.2, 0.25) is 0 Å². The lowest BCUT2D eigenvalue weighted by molar-refractivity contribution is -0.355. The quantitative estimate of drug-likeness (QED) is 0.868. The van der Waals surface area contributed by atoms with Crippen LogP contribution in [0.3, 0.4) is 0 Å². The number of halogens is 3. The van der Waals surface area contributed by atoms with E-state index in [2.05, 4.69) is 20.3 Å². The molecule has 1 unspecified atom stereocenters. The van der Waals surface area contributed by atoms with Gasteiger partial charge < -0.3 is 15.3 Å². The predicted octanol–water partition coefficient (Wildman–Crippen LogP) is 3.14. The maximum absolute atomic E-state index is 12.8. The molecular weight excluding hydrogens is 359 g/mol. The van der Waals surface area contributed by atoms with Gasteiger partial charge in [-0.15, -0.1) is 11.3 Å². The van der Waals surface area contributed by atoms with Gasteiger partial charge in [-0.3, -0.25) is 4.79 Å². The Hall–Kier alpha value is -2.46. The molecule has 1 aliphatic rings.